The molecule has 0 spiro atoms. The van der Waals surface area contributed by atoms with Crippen molar-refractivity contribution in [1.82, 2.24) is 0 Å². The van der Waals surface area contributed by atoms with Gasteiger partial charge >= 0.3 is 5.69 Å². The van der Waals surface area contributed by atoms with E-state index in [1.165, 1.54) is 17.4 Å². The predicted octanol–water partition coefficient (Wildman–Crippen LogP) is 3.58. The van der Waals surface area contributed by atoms with E-state index < -0.39 is 6.10 Å². The van der Waals surface area contributed by atoms with Gasteiger partial charge in [-0.25, -0.2) is 0 Å². The van der Waals surface area contributed by atoms with E-state index in [1.807, 2.05) is 18.7 Å². The van der Waals surface area contributed by atoms with Crippen molar-refractivity contribution in [2.45, 2.75) is 46.8 Å². The second-order valence-corrected chi connectivity index (χ2v) is 6.47. The van der Waals surface area contributed by atoms with Crippen LogP contribution in [-0.4, -0.2) is 22.6 Å². The number of hydrogen-bond donors (Lipinski definition) is 1. The Labute approximate surface area is 118 Å². The molecule has 0 aromatic carbocycles. The maximum atomic E-state index is 11.2. The Morgan fingerprint density at radius 2 is 1.95 bits per heavy atom. The van der Waals surface area contributed by atoms with Crippen molar-refractivity contribution in [3.05, 3.63) is 21.1 Å². The molecule has 0 aliphatic rings. The topological polar surface area (TPSA) is 66.6 Å². The van der Waals surface area contributed by atoms with E-state index >= 15 is 0 Å². The van der Waals surface area contributed by atoms with Gasteiger partial charge in [0.2, 0.25) is 0 Å². The lowest BCUT2D eigenvalue weighted by molar-refractivity contribution is -0.383. The number of aliphatic hydroxyl groups excluding tert-OH is 1. The van der Waals surface area contributed by atoms with E-state index in [9.17, 15) is 15.2 Å². The van der Waals surface area contributed by atoms with Crippen LogP contribution in [0.15, 0.2) is 6.07 Å². The number of nitro groups is 1. The molecule has 0 saturated carbocycles. The molecule has 1 aromatic rings. The quantitative estimate of drug-likeness (QED) is 0.641. The molecule has 5 nitrogen and oxygen atoms in total. The number of thiophene rings is 1. The molecule has 1 heterocycles. The lowest BCUT2D eigenvalue weighted by atomic mass is 10.2. The van der Waals surface area contributed by atoms with Gasteiger partial charge in [-0.15, -0.1) is 11.3 Å². The minimum Gasteiger partial charge on any atom is -0.388 e. The Bertz CT molecular complexity index is 441. The zero-order valence-corrected chi connectivity index (χ0v) is 12.9. The largest absolute Gasteiger partial charge is 0.388 e. The maximum absolute atomic E-state index is 11.2. The van der Waals surface area contributed by atoms with Gasteiger partial charge in [0.25, 0.3) is 0 Å². The molecule has 1 N–H and O–H groups in total. The van der Waals surface area contributed by atoms with Crippen molar-refractivity contribution >= 4 is 22.0 Å². The molecule has 6 heteroatoms. The summed E-state index contributed by atoms with van der Waals surface area (Å²) in [4.78, 5) is 13.5. The molecule has 0 saturated heterocycles. The summed E-state index contributed by atoms with van der Waals surface area (Å²) in [5.41, 5.74) is 0.0928. The van der Waals surface area contributed by atoms with E-state index in [2.05, 4.69) is 13.8 Å². The van der Waals surface area contributed by atoms with E-state index in [0.717, 1.165) is 6.54 Å². The summed E-state index contributed by atoms with van der Waals surface area (Å²) < 4.78 is 0. The third kappa shape index (κ3) is 3.91. The predicted molar refractivity (Wildman–Crippen MR) is 78.9 cm³/mol. The zero-order chi connectivity index (χ0) is 14.7. The molecule has 0 bridgehead atoms. The molecule has 19 heavy (non-hydrogen) atoms. The maximum Gasteiger partial charge on any atom is 0.304 e. The van der Waals surface area contributed by atoms with E-state index in [0.29, 0.717) is 15.8 Å². The van der Waals surface area contributed by atoms with Crippen LogP contribution in [0.25, 0.3) is 0 Å². The van der Waals surface area contributed by atoms with Crippen LogP contribution in [0.2, 0.25) is 0 Å². The van der Waals surface area contributed by atoms with Crippen molar-refractivity contribution in [1.29, 1.82) is 0 Å². The normalized spacial score (nSPS) is 13.1. The van der Waals surface area contributed by atoms with Crippen molar-refractivity contribution in [2.24, 2.45) is 5.92 Å². The van der Waals surface area contributed by atoms with Crippen LogP contribution in [0.4, 0.5) is 10.7 Å². The molecule has 0 unspecified atom stereocenters. The summed E-state index contributed by atoms with van der Waals surface area (Å²) in [6, 6.07) is 1.67. The fraction of sp³-hybridized carbons (Fsp3) is 0.692. The highest BCUT2D eigenvalue weighted by Crippen LogP contribution is 2.41. The highest BCUT2D eigenvalue weighted by molar-refractivity contribution is 7.16. The van der Waals surface area contributed by atoms with Crippen molar-refractivity contribution in [2.75, 3.05) is 11.4 Å². The molecule has 0 fully saturated rings. The SMILES string of the molecule is CC(C)CN(c1sc([C@H](C)O)cc1[N+](=O)[O-])C(C)C. The van der Waals surface area contributed by atoms with Gasteiger partial charge in [0, 0.05) is 23.5 Å². The smallest absolute Gasteiger partial charge is 0.304 e. The highest BCUT2D eigenvalue weighted by Gasteiger charge is 2.27. The third-order valence-electron chi connectivity index (χ3n) is 2.77. The number of anilines is 1. The van der Waals surface area contributed by atoms with Gasteiger partial charge in [0.15, 0.2) is 5.00 Å². The minimum atomic E-state index is -0.675. The van der Waals surface area contributed by atoms with Gasteiger partial charge in [-0.1, -0.05) is 13.8 Å². The summed E-state index contributed by atoms with van der Waals surface area (Å²) in [5, 5.41) is 21.4. The summed E-state index contributed by atoms with van der Waals surface area (Å²) in [6.07, 6.45) is -0.675. The minimum absolute atomic E-state index is 0.0928. The summed E-state index contributed by atoms with van der Waals surface area (Å²) in [6.45, 7) is 10.6. The second-order valence-electron chi connectivity index (χ2n) is 5.41. The number of nitrogens with zero attached hydrogens (tertiary/aromatic N) is 2. The molecule has 0 aliphatic carbocycles. The van der Waals surface area contributed by atoms with Gasteiger partial charge in [-0.2, -0.15) is 0 Å². The fourth-order valence-corrected chi connectivity index (χ4v) is 3.06. The van der Waals surface area contributed by atoms with Gasteiger partial charge in [-0.05, 0) is 26.7 Å². The molecule has 1 aromatic heterocycles. The third-order valence-corrected chi connectivity index (χ3v) is 4.10. The molecular weight excluding hydrogens is 264 g/mol. The van der Waals surface area contributed by atoms with Crippen LogP contribution in [0.1, 0.15) is 45.6 Å². The Kier molecular flexibility index (Phi) is 5.31. The van der Waals surface area contributed by atoms with E-state index in [-0.39, 0.29) is 16.7 Å². The van der Waals surface area contributed by atoms with Crippen LogP contribution in [0.5, 0.6) is 0 Å². The first-order valence-electron chi connectivity index (χ1n) is 6.46. The Morgan fingerprint density at radius 1 is 1.37 bits per heavy atom. The first-order valence-corrected chi connectivity index (χ1v) is 7.28. The van der Waals surface area contributed by atoms with Gasteiger partial charge < -0.3 is 10.0 Å². The molecule has 108 valence electrons. The van der Waals surface area contributed by atoms with Gasteiger partial charge in [-0.3, -0.25) is 10.1 Å². The van der Waals surface area contributed by atoms with Crippen LogP contribution in [0.3, 0.4) is 0 Å². The van der Waals surface area contributed by atoms with Crippen molar-refractivity contribution in [3.63, 3.8) is 0 Å². The van der Waals surface area contributed by atoms with Crippen LogP contribution < -0.4 is 4.90 Å². The van der Waals surface area contributed by atoms with Gasteiger partial charge in [0.1, 0.15) is 0 Å². The van der Waals surface area contributed by atoms with Gasteiger partial charge in [0.05, 0.1) is 11.0 Å². The zero-order valence-electron chi connectivity index (χ0n) is 12.1. The molecule has 0 aliphatic heterocycles. The summed E-state index contributed by atoms with van der Waals surface area (Å²) in [5.74, 6) is 0.416. The number of rotatable bonds is 6. The summed E-state index contributed by atoms with van der Waals surface area (Å²) >= 11 is 1.31. The first-order chi connectivity index (χ1) is 8.73. The van der Waals surface area contributed by atoms with E-state index in [1.54, 1.807) is 6.92 Å². The standard InChI is InChI=1S/C13H22N2O3S/c1-8(2)7-14(9(3)4)13-11(15(17)18)6-12(19-13)10(5)16/h6,8-10,16H,7H2,1-5H3/t10-/m0/s1. The van der Waals surface area contributed by atoms with Crippen LogP contribution >= 0.6 is 11.3 Å². The fourth-order valence-electron chi connectivity index (χ4n) is 1.85. The average molecular weight is 286 g/mol. The van der Waals surface area contributed by atoms with E-state index in [4.69, 9.17) is 0 Å². The Hall–Kier alpha value is -1.14. The lowest BCUT2D eigenvalue weighted by Gasteiger charge is -2.28. The van der Waals surface area contributed by atoms with Crippen molar-refractivity contribution in [3.8, 4) is 0 Å². The Balaban J connectivity index is 3.23. The highest BCUT2D eigenvalue weighted by atomic mass is 32.1. The lowest BCUT2D eigenvalue weighted by Crippen LogP contribution is -2.33. The first kappa shape index (κ1) is 15.9. The Morgan fingerprint density at radius 3 is 2.32 bits per heavy atom. The molecule has 1 rings (SSSR count). The molecular formula is C13H22N2O3S. The van der Waals surface area contributed by atoms with Crippen LogP contribution in [0, 0.1) is 16.0 Å². The second kappa shape index (κ2) is 6.34. The summed E-state index contributed by atoms with van der Waals surface area (Å²) in [7, 11) is 0. The van der Waals surface area contributed by atoms with Crippen LogP contribution in [-0.2, 0) is 0 Å². The monoisotopic (exact) mass is 286 g/mol. The number of hydrogen-bond acceptors (Lipinski definition) is 5. The molecule has 0 radical (unpaired) electrons. The molecule has 1 atom stereocenters. The van der Waals surface area contributed by atoms with Crippen molar-refractivity contribution < 1.29 is 10.0 Å². The number of aliphatic hydroxyl groups is 1. The average Bonchev–Trinajstić information content (AvgIpc) is 2.69. The molecule has 0 amide bonds.